The third-order valence-corrected chi connectivity index (χ3v) is 5.19. The number of hydrogen-bond acceptors (Lipinski definition) is 4. The quantitative estimate of drug-likeness (QED) is 0.634. The van der Waals surface area contributed by atoms with Gasteiger partial charge in [0.2, 0.25) is 10.0 Å². The topological polar surface area (TPSA) is 64.6 Å². The van der Waals surface area contributed by atoms with Gasteiger partial charge in [-0.2, -0.15) is 0 Å². The van der Waals surface area contributed by atoms with Gasteiger partial charge in [0.15, 0.2) is 0 Å². The molecule has 0 amide bonds. The van der Waals surface area contributed by atoms with Crippen molar-refractivity contribution in [2.45, 2.75) is 0 Å². The Morgan fingerprint density at radius 3 is 2.15 bits per heavy atom. The Balaban J connectivity index is 1.64. The van der Waals surface area contributed by atoms with Gasteiger partial charge >= 0.3 is 0 Å². The van der Waals surface area contributed by atoms with Crippen molar-refractivity contribution in [3.8, 4) is 22.6 Å². The van der Waals surface area contributed by atoms with E-state index in [1.165, 1.54) is 0 Å². The lowest BCUT2D eigenvalue weighted by Crippen LogP contribution is -2.21. The third-order valence-electron chi connectivity index (χ3n) is 3.96. The molecule has 1 N–H and O–H groups in total. The smallest absolute Gasteiger partial charge is 0.236 e. The van der Waals surface area contributed by atoms with Crippen LogP contribution in [0.4, 0.5) is 5.69 Å². The molecule has 3 aromatic rings. The molecule has 0 saturated carbocycles. The lowest BCUT2D eigenvalue weighted by atomic mass is 10.0. The van der Waals surface area contributed by atoms with Gasteiger partial charge in [-0.15, -0.1) is 0 Å². The van der Waals surface area contributed by atoms with Gasteiger partial charge in [0.25, 0.3) is 0 Å². The fourth-order valence-corrected chi connectivity index (χ4v) is 3.52. The Morgan fingerprint density at radius 1 is 0.815 bits per heavy atom. The minimum absolute atomic E-state index is 0.0508. The summed E-state index contributed by atoms with van der Waals surface area (Å²) in [6, 6.07) is 24.0. The number of methoxy groups -OCH3 is 1. The van der Waals surface area contributed by atoms with Crippen molar-refractivity contribution in [3.05, 3.63) is 78.9 Å². The van der Waals surface area contributed by atoms with Crippen molar-refractivity contribution in [1.29, 1.82) is 0 Å². The zero-order valence-corrected chi connectivity index (χ0v) is 15.8. The first-order valence-electron chi connectivity index (χ1n) is 8.49. The molecule has 27 heavy (non-hydrogen) atoms. The van der Waals surface area contributed by atoms with Gasteiger partial charge in [0.05, 0.1) is 12.8 Å². The van der Waals surface area contributed by atoms with Crippen molar-refractivity contribution >= 4 is 15.7 Å². The molecule has 3 aromatic carbocycles. The maximum atomic E-state index is 12.5. The number of nitrogens with one attached hydrogen (secondary N) is 1. The highest BCUT2D eigenvalue weighted by Crippen LogP contribution is 2.28. The van der Waals surface area contributed by atoms with Crippen LogP contribution < -0.4 is 14.2 Å². The SMILES string of the molecule is COc1ccc(OCCS(=O)(=O)Nc2ccccc2-c2ccccc2)cc1. The van der Waals surface area contributed by atoms with E-state index in [0.717, 1.165) is 11.1 Å². The molecular weight excluding hydrogens is 362 g/mol. The summed E-state index contributed by atoms with van der Waals surface area (Å²) in [7, 11) is -1.96. The van der Waals surface area contributed by atoms with Crippen LogP contribution in [0.2, 0.25) is 0 Å². The molecule has 0 radical (unpaired) electrons. The fourth-order valence-electron chi connectivity index (χ4n) is 2.60. The van der Waals surface area contributed by atoms with Crippen molar-refractivity contribution < 1.29 is 17.9 Å². The molecule has 0 aliphatic rings. The summed E-state index contributed by atoms with van der Waals surface area (Å²) >= 11 is 0. The van der Waals surface area contributed by atoms with Crippen molar-refractivity contribution in [2.75, 3.05) is 24.2 Å². The maximum absolute atomic E-state index is 12.5. The summed E-state index contributed by atoms with van der Waals surface area (Å²) in [6.45, 7) is 0.0508. The first-order chi connectivity index (χ1) is 13.1. The van der Waals surface area contributed by atoms with Gasteiger partial charge in [0, 0.05) is 5.56 Å². The predicted molar refractivity (Wildman–Crippen MR) is 108 cm³/mol. The van der Waals surface area contributed by atoms with Crippen molar-refractivity contribution in [1.82, 2.24) is 0 Å². The van der Waals surface area contributed by atoms with Gasteiger partial charge in [0.1, 0.15) is 23.9 Å². The van der Waals surface area contributed by atoms with Crippen LogP contribution >= 0.6 is 0 Å². The molecule has 140 valence electrons. The van der Waals surface area contributed by atoms with Crippen LogP contribution in [0.1, 0.15) is 0 Å². The molecule has 6 heteroatoms. The number of rotatable bonds is 8. The van der Waals surface area contributed by atoms with E-state index in [1.54, 1.807) is 43.5 Å². The molecule has 0 saturated heterocycles. The Morgan fingerprint density at radius 2 is 1.44 bits per heavy atom. The molecule has 3 rings (SSSR count). The molecule has 0 heterocycles. The predicted octanol–water partition coefficient (Wildman–Crippen LogP) is 4.18. The lowest BCUT2D eigenvalue weighted by molar-refractivity contribution is 0.340. The molecule has 0 unspecified atom stereocenters. The monoisotopic (exact) mass is 383 g/mol. The highest BCUT2D eigenvalue weighted by molar-refractivity contribution is 7.92. The van der Waals surface area contributed by atoms with E-state index in [2.05, 4.69) is 4.72 Å². The van der Waals surface area contributed by atoms with Crippen LogP contribution in [0.25, 0.3) is 11.1 Å². The summed E-state index contributed by atoms with van der Waals surface area (Å²) < 4.78 is 38.2. The van der Waals surface area contributed by atoms with Gasteiger partial charge in [-0.25, -0.2) is 8.42 Å². The van der Waals surface area contributed by atoms with Gasteiger partial charge in [-0.05, 0) is 35.9 Å². The van der Waals surface area contributed by atoms with Gasteiger partial charge in [-0.3, -0.25) is 4.72 Å². The number of ether oxygens (including phenoxy) is 2. The normalized spacial score (nSPS) is 11.0. The average Bonchev–Trinajstić information content (AvgIpc) is 2.69. The van der Waals surface area contributed by atoms with E-state index in [4.69, 9.17) is 9.47 Å². The molecule has 0 bridgehead atoms. The standard InChI is InChI=1S/C21H21NO4S/c1-25-18-11-13-19(14-12-18)26-15-16-27(23,24)22-21-10-6-5-9-20(21)17-7-3-2-4-8-17/h2-14,22H,15-16H2,1H3. The zero-order valence-electron chi connectivity index (χ0n) is 15.0. The fraction of sp³-hybridized carbons (Fsp3) is 0.143. The Bertz CT molecular complexity index is 971. The minimum Gasteiger partial charge on any atom is -0.497 e. The number of anilines is 1. The van der Waals surface area contributed by atoms with Crippen LogP contribution in [0.5, 0.6) is 11.5 Å². The van der Waals surface area contributed by atoms with E-state index >= 15 is 0 Å². The van der Waals surface area contributed by atoms with E-state index in [0.29, 0.717) is 17.2 Å². The largest absolute Gasteiger partial charge is 0.497 e. The maximum Gasteiger partial charge on any atom is 0.236 e. The van der Waals surface area contributed by atoms with Crippen LogP contribution in [0, 0.1) is 0 Å². The second-order valence-electron chi connectivity index (χ2n) is 5.86. The molecule has 5 nitrogen and oxygen atoms in total. The van der Waals surface area contributed by atoms with Gasteiger partial charge in [-0.1, -0.05) is 48.5 Å². The van der Waals surface area contributed by atoms with Crippen molar-refractivity contribution in [2.24, 2.45) is 0 Å². The number of hydrogen-bond donors (Lipinski definition) is 1. The second kappa shape index (κ2) is 8.60. The first kappa shape index (κ1) is 18.8. The minimum atomic E-state index is -3.55. The first-order valence-corrected chi connectivity index (χ1v) is 10.1. The summed E-state index contributed by atoms with van der Waals surface area (Å²) in [5.41, 5.74) is 2.33. The molecule has 0 fully saturated rings. The molecule has 0 atom stereocenters. The molecule has 0 aliphatic heterocycles. The highest BCUT2D eigenvalue weighted by atomic mass is 32.2. The van der Waals surface area contributed by atoms with E-state index in [-0.39, 0.29) is 12.4 Å². The summed E-state index contributed by atoms with van der Waals surface area (Å²) in [5, 5.41) is 0. The van der Waals surface area contributed by atoms with E-state index in [1.807, 2.05) is 42.5 Å². The summed E-state index contributed by atoms with van der Waals surface area (Å²) in [4.78, 5) is 0. The van der Waals surface area contributed by atoms with Crippen LogP contribution in [0.15, 0.2) is 78.9 Å². The van der Waals surface area contributed by atoms with Gasteiger partial charge < -0.3 is 9.47 Å². The Kier molecular flexibility index (Phi) is 5.98. The lowest BCUT2D eigenvalue weighted by Gasteiger charge is -2.13. The second-order valence-corrected chi connectivity index (χ2v) is 7.70. The average molecular weight is 383 g/mol. The highest BCUT2D eigenvalue weighted by Gasteiger charge is 2.14. The number of benzene rings is 3. The van der Waals surface area contributed by atoms with Crippen LogP contribution in [-0.4, -0.2) is 27.9 Å². The third kappa shape index (κ3) is 5.24. The molecule has 0 spiro atoms. The summed E-state index contributed by atoms with van der Waals surface area (Å²) in [6.07, 6.45) is 0. The van der Waals surface area contributed by atoms with E-state index in [9.17, 15) is 8.42 Å². The Hall–Kier alpha value is -2.99. The zero-order chi connectivity index (χ0) is 19.1. The molecular formula is C21H21NO4S. The number of sulfonamides is 1. The molecule has 0 aliphatic carbocycles. The van der Waals surface area contributed by atoms with Crippen molar-refractivity contribution in [3.63, 3.8) is 0 Å². The van der Waals surface area contributed by atoms with Crippen LogP contribution in [-0.2, 0) is 10.0 Å². The summed E-state index contributed by atoms with van der Waals surface area (Å²) in [5.74, 6) is 1.16. The Labute approximate surface area is 159 Å². The number of para-hydroxylation sites is 1. The van der Waals surface area contributed by atoms with Crippen LogP contribution in [0.3, 0.4) is 0 Å². The van der Waals surface area contributed by atoms with E-state index < -0.39 is 10.0 Å². The molecule has 0 aromatic heterocycles.